The predicted octanol–water partition coefficient (Wildman–Crippen LogP) is 2.34. The van der Waals surface area contributed by atoms with Gasteiger partial charge in [-0.15, -0.1) is 0 Å². The molecule has 118 valence electrons. The number of carbonyl (C=O) groups excluding carboxylic acids is 1. The molecule has 0 saturated heterocycles. The maximum absolute atomic E-state index is 12.0. The molecule has 1 amide bonds. The molecule has 0 aromatic heterocycles. The van der Waals surface area contributed by atoms with Gasteiger partial charge in [-0.25, -0.2) is 0 Å². The summed E-state index contributed by atoms with van der Waals surface area (Å²) in [6.07, 6.45) is -0.603. The Morgan fingerprint density at radius 2 is 1.76 bits per heavy atom. The van der Waals surface area contributed by atoms with Crippen LogP contribution in [0.4, 0.5) is 0 Å². The van der Waals surface area contributed by atoms with Gasteiger partial charge in [0.2, 0.25) is 0 Å². The minimum Gasteiger partial charge on any atom is -0.391 e. The highest BCUT2D eigenvalue weighted by atomic mass is 32.2. The number of carbonyl (C=O) groups is 1. The third-order valence-electron chi connectivity index (χ3n) is 3.23. The third kappa shape index (κ3) is 5.25. The Balaban J connectivity index is 2.66. The van der Waals surface area contributed by atoms with Crippen molar-refractivity contribution in [2.45, 2.75) is 50.9 Å². The van der Waals surface area contributed by atoms with Crippen LogP contribution in [-0.4, -0.2) is 33.1 Å². The Morgan fingerprint density at radius 3 is 2.19 bits per heavy atom. The average molecular weight is 311 g/mol. The summed E-state index contributed by atoms with van der Waals surface area (Å²) in [5.41, 5.74) is 0.228. The van der Waals surface area contributed by atoms with Crippen molar-refractivity contribution in [1.29, 1.82) is 0 Å². The number of aliphatic hydroxyl groups is 1. The zero-order chi connectivity index (χ0) is 16.2. The summed E-state index contributed by atoms with van der Waals surface area (Å²) in [7, 11) is -1.05. The fourth-order valence-electron chi connectivity index (χ4n) is 1.61. The SMILES string of the molecule is CC(C)S(=O)c1ccc(C(=O)NCC(O)C(C)(C)C)cc1. The minimum atomic E-state index is -1.05. The van der Waals surface area contributed by atoms with Crippen molar-refractivity contribution >= 4 is 16.7 Å². The van der Waals surface area contributed by atoms with Gasteiger partial charge in [0.15, 0.2) is 0 Å². The molecule has 0 aliphatic rings. The van der Waals surface area contributed by atoms with Crippen LogP contribution < -0.4 is 5.32 Å². The molecule has 0 spiro atoms. The standard InChI is InChI=1S/C16H25NO3S/c1-11(2)21(20)13-8-6-12(7-9-13)15(19)17-10-14(18)16(3,4)5/h6-9,11,14,18H,10H2,1-5H3,(H,17,19). The van der Waals surface area contributed by atoms with Gasteiger partial charge in [0, 0.05) is 22.3 Å². The van der Waals surface area contributed by atoms with Gasteiger partial charge in [-0.2, -0.15) is 0 Å². The molecule has 2 atom stereocenters. The first-order valence-electron chi connectivity index (χ1n) is 7.10. The van der Waals surface area contributed by atoms with Crippen molar-refractivity contribution < 1.29 is 14.1 Å². The van der Waals surface area contributed by atoms with E-state index in [9.17, 15) is 14.1 Å². The van der Waals surface area contributed by atoms with Crippen molar-refractivity contribution in [2.24, 2.45) is 5.41 Å². The summed E-state index contributed by atoms with van der Waals surface area (Å²) in [5.74, 6) is -0.236. The second-order valence-electron chi connectivity index (χ2n) is 6.46. The lowest BCUT2D eigenvalue weighted by molar-refractivity contribution is 0.0587. The first-order valence-corrected chi connectivity index (χ1v) is 8.31. The molecule has 1 rings (SSSR count). The summed E-state index contributed by atoms with van der Waals surface area (Å²) < 4.78 is 11.9. The second-order valence-corrected chi connectivity index (χ2v) is 8.47. The molecular weight excluding hydrogens is 286 g/mol. The highest BCUT2D eigenvalue weighted by Crippen LogP contribution is 2.18. The van der Waals surface area contributed by atoms with E-state index in [1.165, 1.54) is 0 Å². The molecule has 4 nitrogen and oxygen atoms in total. The number of aliphatic hydroxyl groups excluding tert-OH is 1. The number of rotatable bonds is 5. The zero-order valence-electron chi connectivity index (χ0n) is 13.3. The summed E-state index contributed by atoms with van der Waals surface area (Å²) >= 11 is 0. The zero-order valence-corrected chi connectivity index (χ0v) is 14.2. The molecule has 0 saturated carbocycles. The van der Waals surface area contributed by atoms with E-state index in [1.807, 2.05) is 34.6 Å². The van der Waals surface area contributed by atoms with E-state index in [0.717, 1.165) is 4.90 Å². The Labute approximate surface area is 129 Å². The first-order chi connectivity index (χ1) is 9.62. The highest BCUT2D eigenvalue weighted by Gasteiger charge is 2.22. The largest absolute Gasteiger partial charge is 0.391 e. The van der Waals surface area contributed by atoms with Gasteiger partial charge in [-0.3, -0.25) is 9.00 Å². The van der Waals surface area contributed by atoms with E-state index >= 15 is 0 Å². The van der Waals surface area contributed by atoms with E-state index in [0.29, 0.717) is 5.56 Å². The monoisotopic (exact) mass is 311 g/mol. The molecule has 0 bridgehead atoms. The predicted molar refractivity (Wildman–Crippen MR) is 85.8 cm³/mol. The Hall–Kier alpha value is -1.20. The van der Waals surface area contributed by atoms with E-state index in [4.69, 9.17) is 0 Å². The van der Waals surface area contributed by atoms with E-state index in [1.54, 1.807) is 24.3 Å². The van der Waals surface area contributed by atoms with Gasteiger partial charge in [-0.1, -0.05) is 34.6 Å². The van der Waals surface area contributed by atoms with E-state index in [-0.39, 0.29) is 23.1 Å². The second kappa shape index (κ2) is 7.18. The van der Waals surface area contributed by atoms with Crippen LogP contribution in [0.5, 0.6) is 0 Å². The van der Waals surface area contributed by atoms with E-state index in [2.05, 4.69) is 5.32 Å². The number of nitrogens with one attached hydrogen (secondary N) is 1. The molecule has 0 fully saturated rings. The highest BCUT2D eigenvalue weighted by molar-refractivity contribution is 7.85. The Bertz CT molecular complexity index is 503. The molecule has 0 aliphatic carbocycles. The normalized spacial score (nSPS) is 14.8. The van der Waals surface area contributed by atoms with Gasteiger partial charge in [-0.05, 0) is 29.7 Å². The van der Waals surface area contributed by atoms with Crippen molar-refractivity contribution in [3.8, 4) is 0 Å². The molecular formula is C16H25NO3S. The Kier molecular flexibility index (Phi) is 6.10. The first kappa shape index (κ1) is 17.9. The van der Waals surface area contributed by atoms with Crippen LogP contribution in [-0.2, 0) is 10.8 Å². The van der Waals surface area contributed by atoms with Gasteiger partial charge in [0.25, 0.3) is 5.91 Å². The quantitative estimate of drug-likeness (QED) is 0.877. The lowest BCUT2D eigenvalue weighted by atomic mass is 9.89. The number of benzene rings is 1. The van der Waals surface area contributed by atoms with Gasteiger partial charge in [0.05, 0.1) is 16.9 Å². The number of hydrogen-bond acceptors (Lipinski definition) is 3. The fourth-order valence-corrected chi connectivity index (χ4v) is 2.56. The van der Waals surface area contributed by atoms with Crippen LogP contribution in [0.1, 0.15) is 45.0 Å². The van der Waals surface area contributed by atoms with Crippen LogP contribution in [0.3, 0.4) is 0 Å². The summed E-state index contributed by atoms with van der Waals surface area (Å²) in [6.45, 7) is 9.75. The lowest BCUT2D eigenvalue weighted by Crippen LogP contribution is -2.39. The number of hydrogen-bond donors (Lipinski definition) is 2. The molecule has 0 heterocycles. The molecule has 21 heavy (non-hydrogen) atoms. The maximum Gasteiger partial charge on any atom is 0.251 e. The lowest BCUT2D eigenvalue weighted by Gasteiger charge is -2.25. The molecule has 2 N–H and O–H groups in total. The molecule has 1 aromatic carbocycles. The molecule has 1 aromatic rings. The van der Waals surface area contributed by atoms with Crippen LogP contribution >= 0.6 is 0 Å². The summed E-state index contributed by atoms with van der Waals surface area (Å²) in [5, 5.41) is 12.7. The fraction of sp³-hybridized carbons (Fsp3) is 0.562. The maximum atomic E-state index is 12.0. The van der Waals surface area contributed by atoms with Crippen molar-refractivity contribution in [3.05, 3.63) is 29.8 Å². The van der Waals surface area contributed by atoms with Gasteiger partial charge < -0.3 is 10.4 Å². The number of amides is 1. The summed E-state index contributed by atoms with van der Waals surface area (Å²) in [4.78, 5) is 12.7. The molecule has 0 aliphatic heterocycles. The van der Waals surface area contributed by atoms with Crippen LogP contribution in [0, 0.1) is 5.41 Å². The average Bonchev–Trinajstić information content (AvgIpc) is 2.42. The van der Waals surface area contributed by atoms with Crippen LogP contribution in [0.15, 0.2) is 29.2 Å². The molecule has 5 heteroatoms. The van der Waals surface area contributed by atoms with Gasteiger partial charge in [0.1, 0.15) is 0 Å². The third-order valence-corrected chi connectivity index (χ3v) is 4.83. The minimum absolute atomic E-state index is 0.0478. The smallest absolute Gasteiger partial charge is 0.251 e. The topological polar surface area (TPSA) is 66.4 Å². The molecule has 0 radical (unpaired) electrons. The van der Waals surface area contributed by atoms with Gasteiger partial charge >= 0.3 is 0 Å². The van der Waals surface area contributed by atoms with Crippen molar-refractivity contribution in [2.75, 3.05) is 6.54 Å². The van der Waals surface area contributed by atoms with Crippen molar-refractivity contribution in [3.63, 3.8) is 0 Å². The summed E-state index contributed by atoms with van der Waals surface area (Å²) in [6, 6.07) is 6.75. The van der Waals surface area contributed by atoms with Crippen molar-refractivity contribution in [1.82, 2.24) is 5.32 Å². The van der Waals surface area contributed by atoms with Crippen LogP contribution in [0.25, 0.3) is 0 Å². The Morgan fingerprint density at radius 1 is 1.24 bits per heavy atom. The van der Waals surface area contributed by atoms with Crippen LogP contribution in [0.2, 0.25) is 0 Å². The molecule has 2 unspecified atom stereocenters. The van der Waals surface area contributed by atoms with E-state index < -0.39 is 16.9 Å².